The fourth-order valence-electron chi connectivity index (χ4n) is 3.00. The topological polar surface area (TPSA) is 81.2 Å². The van der Waals surface area contributed by atoms with E-state index in [2.05, 4.69) is 36.1 Å². The number of ether oxygens (including phenoxy) is 1. The van der Waals surface area contributed by atoms with Crippen LogP contribution in [0.1, 0.15) is 42.4 Å². The van der Waals surface area contributed by atoms with Crippen LogP contribution >= 0.6 is 0 Å². The average Bonchev–Trinajstić information content (AvgIpc) is 2.72. The fourth-order valence-corrected chi connectivity index (χ4v) is 3.00. The lowest BCUT2D eigenvalue weighted by Gasteiger charge is -2.20. The van der Waals surface area contributed by atoms with Gasteiger partial charge in [-0.25, -0.2) is 9.78 Å². The van der Waals surface area contributed by atoms with Crippen LogP contribution < -0.4 is 5.32 Å². The molecule has 1 N–H and O–H groups in total. The number of carbonyl (C=O) groups excluding carboxylic acids is 2. The van der Waals surface area contributed by atoms with Gasteiger partial charge in [-0.15, -0.1) is 0 Å². The molecule has 6 nitrogen and oxygen atoms in total. The molecule has 0 aliphatic carbocycles. The van der Waals surface area contributed by atoms with E-state index in [0.717, 1.165) is 16.6 Å². The van der Waals surface area contributed by atoms with Crippen molar-refractivity contribution in [3.05, 3.63) is 71.5 Å². The fraction of sp³-hybridized carbons (Fsp3) is 0.304. The molecule has 3 rings (SSSR count). The van der Waals surface area contributed by atoms with Crippen LogP contribution in [0, 0.1) is 0 Å². The number of amides is 1. The Hall–Kier alpha value is -3.28. The summed E-state index contributed by atoms with van der Waals surface area (Å²) in [5, 5.41) is 2.76. The molecular weight excluding hydrogens is 366 g/mol. The molecule has 6 heteroatoms. The van der Waals surface area contributed by atoms with E-state index in [-0.39, 0.29) is 17.7 Å². The van der Waals surface area contributed by atoms with Crippen LogP contribution in [-0.4, -0.2) is 35.0 Å². The standard InChI is InChI=1S/C23H25N3O3/c1-23(2,3)16-11-9-15(10-12-16)21(27)26-20(22(28)29-4)13-17-14-24-18-7-5-6-8-19(18)25-17/h5-12,14,20H,13H2,1-4H3,(H,26,27)/t20-/m1/s1. The largest absolute Gasteiger partial charge is 0.467 e. The zero-order chi connectivity index (χ0) is 21.0. The summed E-state index contributed by atoms with van der Waals surface area (Å²) in [5.74, 6) is -0.866. The summed E-state index contributed by atoms with van der Waals surface area (Å²) in [5.41, 5.74) is 3.72. The Kier molecular flexibility index (Phi) is 5.92. The van der Waals surface area contributed by atoms with Crippen molar-refractivity contribution in [2.75, 3.05) is 7.11 Å². The SMILES string of the molecule is COC(=O)[C@@H](Cc1cnc2ccccc2n1)NC(=O)c1ccc(C(C)(C)C)cc1. The minimum absolute atomic E-state index is 0.00168. The molecule has 0 bridgehead atoms. The minimum Gasteiger partial charge on any atom is -0.467 e. The van der Waals surface area contributed by atoms with Crippen molar-refractivity contribution in [3.63, 3.8) is 0 Å². The highest BCUT2D eigenvalue weighted by molar-refractivity contribution is 5.96. The first-order chi connectivity index (χ1) is 13.8. The van der Waals surface area contributed by atoms with Crippen molar-refractivity contribution in [2.45, 2.75) is 38.6 Å². The first kappa shape index (κ1) is 20.5. The molecule has 150 valence electrons. The molecule has 3 aromatic rings. The number of aromatic nitrogens is 2. The second kappa shape index (κ2) is 8.39. The van der Waals surface area contributed by atoms with Gasteiger partial charge < -0.3 is 10.1 Å². The van der Waals surface area contributed by atoms with Gasteiger partial charge >= 0.3 is 5.97 Å². The van der Waals surface area contributed by atoms with E-state index >= 15 is 0 Å². The molecule has 1 aromatic heterocycles. The molecule has 0 spiro atoms. The third-order valence-corrected chi connectivity index (χ3v) is 4.72. The Bertz CT molecular complexity index is 1020. The number of nitrogens with one attached hydrogen (secondary N) is 1. The molecule has 29 heavy (non-hydrogen) atoms. The highest BCUT2D eigenvalue weighted by atomic mass is 16.5. The molecule has 2 aromatic carbocycles. The number of hydrogen-bond donors (Lipinski definition) is 1. The Morgan fingerprint density at radius 3 is 2.31 bits per heavy atom. The quantitative estimate of drug-likeness (QED) is 0.674. The van der Waals surface area contributed by atoms with Gasteiger partial charge in [-0.05, 0) is 35.2 Å². The van der Waals surface area contributed by atoms with E-state index in [1.165, 1.54) is 7.11 Å². The van der Waals surface area contributed by atoms with Crippen LogP contribution in [0.3, 0.4) is 0 Å². The number of fused-ring (bicyclic) bond motifs is 1. The molecule has 1 heterocycles. The van der Waals surface area contributed by atoms with Gasteiger partial charge in [-0.2, -0.15) is 0 Å². The van der Waals surface area contributed by atoms with Crippen molar-refractivity contribution < 1.29 is 14.3 Å². The lowest BCUT2D eigenvalue weighted by atomic mass is 9.86. The van der Waals surface area contributed by atoms with Crippen LogP contribution in [0.2, 0.25) is 0 Å². The number of benzene rings is 2. The molecule has 0 unspecified atom stereocenters. The number of rotatable bonds is 5. The number of nitrogens with zero attached hydrogens (tertiary/aromatic N) is 2. The third-order valence-electron chi connectivity index (χ3n) is 4.72. The van der Waals surface area contributed by atoms with E-state index in [1.807, 2.05) is 36.4 Å². The van der Waals surface area contributed by atoms with Crippen LogP contribution in [0.5, 0.6) is 0 Å². The van der Waals surface area contributed by atoms with E-state index in [4.69, 9.17) is 4.74 Å². The summed E-state index contributed by atoms with van der Waals surface area (Å²) in [6.07, 6.45) is 1.80. The highest BCUT2D eigenvalue weighted by Crippen LogP contribution is 2.22. The molecule has 1 atom stereocenters. The predicted octanol–water partition coefficient (Wildman–Crippen LogP) is 3.44. The average molecular weight is 391 g/mol. The number of methoxy groups -OCH3 is 1. The highest BCUT2D eigenvalue weighted by Gasteiger charge is 2.24. The Balaban J connectivity index is 1.77. The summed E-state index contributed by atoms with van der Waals surface area (Å²) in [6, 6.07) is 14.0. The van der Waals surface area contributed by atoms with Crippen molar-refractivity contribution >= 4 is 22.9 Å². The summed E-state index contributed by atoms with van der Waals surface area (Å²) in [7, 11) is 1.30. The van der Waals surface area contributed by atoms with Gasteiger partial charge in [0.2, 0.25) is 0 Å². The maximum atomic E-state index is 12.7. The minimum atomic E-state index is -0.856. The maximum Gasteiger partial charge on any atom is 0.328 e. The zero-order valence-corrected chi connectivity index (χ0v) is 17.1. The van der Waals surface area contributed by atoms with Crippen molar-refractivity contribution in [3.8, 4) is 0 Å². The molecule has 0 saturated carbocycles. The second-order valence-corrected chi connectivity index (χ2v) is 7.93. The van der Waals surface area contributed by atoms with E-state index < -0.39 is 12.0 Å². The van der Waals surface area contributed by atoms with Gasteiger partial charge in [0.25, 0.3) is 5.91 Å². The van der Waals surface area contributed by atoms with Crippen LogP contribution in [-0.2, 0) is 21.4 Å². The maximum absolute atomic E-state index is 12.7. The molecule has 0 radical (unpaired) electrons. The summed E-state index contributed by atoms with van der Waals surface area (Å²) in [6.45, 7) is 6.33. The lowest BCUT2D eigenvalue weighted by Crippen LogP contribution is -2.43. The number of hydrogen-bond acceptors (Lipinski definition) is 5. The third kappa shape index (κ3) is 4.96. The monoisotopic (exact) mass is 391 g/mol. The van der Waals surface area contributed by atoms with E-state index in [9.17, 15) is 9.59 Å². The van der Waals surface area contributed by atoms with Gasteiger partial charge in [0, 0.05) is 18.2 Å². The first-order valence-corrected chi connectivity index (χ1v) is 9.48. The summed E-state index contributed by atoms with van der Waals surface area (Å²) in [4.78, 5) is 33.8. The predicted molar refractivity (Wildman–Crippen MR) is 112 cm³/mol. The van der Waals surface area contributed by atoms with Crippen molar-refractivity contribution in [1.82, 2.24) is 15.3 Å². The zero-order valence-electron chi connectivity index (χ0n) is 17.1. The Morgan fingerprint density at radius 2 is 1.69 bits per heavy atom. The number of carbonyl (C=O) groups is 2. The summed E-state index contributed by atoms with van der Waals surface area (Å²) >= 11 is 0. The molecule has 1 amide bonds. The molecular formula is C23H25N3O3. The first-order valence-electron chi connectivity index (χ1n) is 9.48. The van der Waals surface area contributed by atoms with Gasteiger partial charge in [0.15, 0.2) is 0 Å². The second-order valence-electron chi connectivity index (χ2n) is 7.93. The van der Waals surface area contributed by atoms with Crippen LogP contribution in [0.15, 0.2) is 54.7 Å². The van der Waals surface area contributed by atoms with Crippen LogP contribution in [0.4, 0.5) is 0 Å². The van der Waals surface area contributed by atoms with Gasteiger partial charge in [-0.3, -0.25) is 9.78 Å². The lowest BCUT2D eigenvalue weighted by molar-refractivity contribution is -0.142. The normalized spacial score (nSPS) is 12.4. The van der Waals surface area contributed by atoms with Crippen molar-refractivity contribution in [1.29, 1.82) is 0 Å². The van der Waals surface area contributed by atoms with E-state index in [0.29, 0.717) is 11.3 Å². The molecule has 0 fully saturated rings. The van der Waals surface area contributed by atoms with Gasteiger partial charge in [0.1, 0.15) is 6.04 Å². The number of para-hydroxylation sites is 2. The van der Waals surface area contributed by atoms with Crippen LogP contribution in [0.25, 0.3) is 11.0 Å². The van der Waals surface area contributed by atoms with Gasteiger partial charge in [0.05, 0.1) is 23.8 Å². The molecule has 0 aliphatic heterocycles. The van der Waals surface area contributed by atoms with E-state index in [1.54, 1.807) is 18.3 Å². The summed E-state index contributed by atoms with van der Waals surface area (Å²) < 4.78 is 4.87. The van der Waals surface area contributed by atoms with Crippen molar-refractivity contribution in [2.24, 2.45) is 0 Å². The smallest absolute Gasteiger partial charge is 0.328 e. The Labute approximate surface area is 170 Å². The molecule has 0 aliphatic rings. The molecule has 0 saturated heterocycles. The Morgan fingerprint density at radius 1 is 1.03 bits per heavy atom. The number of esters is 1. The van der Waals surface area contributed by atoms with Gasteiger partial charge in [-0.1, -0.05) is 45.0 Å².